The van der Waals surface area contributed by atoms with Crippen molar-refractivity contribution in [1.29, 1.82) is 0 Å². The quantitative estimate of drug-likeness (QED) is 0.510. The summed E-state index contributed by atoms with van der Waals surface area (Å²) in [6.07, 6.45) is 5.73. The molecule has 0 aromatic heterocycles. The molecule has 0 amide bonds. The van der Waals surface area contributed by atoms with E-state index in [2.05, 4.69) is 13.5 Å². The van der Waals surface area contributed by atoms with Gasteiger partial charge in [-0.15, -0.1) is 0 Å². The van der Waals surface area contributed by atoms with Crippen molar-refractivity contribution >= 4 is 0 Å². The molecule has 2 nitrogen and oxygen atoms in total. The Bertz CT molecular complexity index is 753. The van der Waals surface area contributed by atoms with Gasteiger partial charge in [-0.05, 0) is 63.0 Å². The van der Waals surface area contributed by atoms with E-state index in [4.69, 9.17) is 8.22 Å². The van der Waals surface area contributed by atoms with E-state index in [1.807, 2.05) is 0 Å². The zero-order valence-electron chi connectivity index (χ0n) is 19.7. The molecule has 126 valence electrons. The predicted molar refractivity (Wildman–Crippen MR) is 97.0 cm³/mol. The Morgan fingerprint density at radius 3 is 2.65 bits per heavy atom. The van der Waals surface area contributed by atoms with Crippen LogP contribution in [-0.2, 0) is 6.42 Å². The fraction of sp³-hybridized carbons (Fsp3) is 0.524. The summed E-state index contributed by atoms with van der Waals surface area (Å²) in [5.74, 6) is -1.66. The third-order valence-electron chi connectivity index (χ3n) is 4.58. The number of allylic oxidation sites excluding steroid dienone is 3. The molecule has 0 spiro atoms. The number of benzene rings is 1. The number of phenols is 2. The third kappa shape index (κ3) is 4.19. The van der Waals surface area contributed by atoms with E-state index in [1.165, 1.54) is 6.08 Å². The smallest absolute Gasteiger partial charge is 0.123 e. The van der Waals surface area contributed by atoms with Crippen LogP contribution in [0, 0.1) is 5.92 Å². The molecule has 0 heterocycles. The molecule has 2 N–H and O–H groups in total. The van der Waals surface area contributed by atoms with Gasteiger partial charge in [0.25, 0.3) is 0 Å². The lowest BCUT2D eigenvalue weighted by Crippen LogP contribution is -2.17. The second-order valence-electron chi connectivity index (χ2n) is 6.39. The highest BCUT2D eigenvalue weighted by Crippen LogP contribution is 2.46. The van der Waals surface area contributed by atoms with Gasteiger partial charge in [0.15, 0.2) is 0 Å². The van der Waals surface area contributed by atoms with Crippen LogP contribution in [0.2, 0.25) is 0 Å². The van der Waals surface area contributed by atoms with Gasteiger partial charge in [0.1, 0.15) is 11.5 Å². The SMILES string of the molecule is [2H]C([2H])([2H])C(=C)C1CCC(C([2H])([2H])[2H])=CC1c1c(O)cc(CCCCC)cc1O. The molecule has 23 heavy (non-hydrogen) atoms. The molecule has 0 fully saturated rings. The maximum absolute atomic E-state index is 10.7. The van der Waals surface area contributed by atoms with Gasteiger partial charge < -0.3 is 10.2 Å². The van der Waals surface area contributed by atoms with E-state index in [0.717, 1.165) is 24.8 Å². The standard InChI is InChI=1S/C21H30O2/c1-5-6-7-8-16-12-19(22)21(20(23)13-16)18-11-15(4)9-10-17(18)14(2)3/h11-13,17-18,22-23H,2,5-10H2,1,3-4H3/i3D3,4D3. The number of hydrogen-bond donors (Lipinski definition) is 2. The van der Waals surface area contributed by atoms with E-state index in [9.17, 15) is 10.2 Å². The highest BCUT2D eigenvalue weighted by Gasteiger charge is 2.29. The fourth-order valence-electron chi connectivity index (χ4n) is 3.33. The van der Waals surface area contributed by atoms with Gasteiger partial charge >= 0.3 is 0 Å². The van der Waals surface area contributed by atoms with Crippen LogP contribution in [0.1, 0.15) is 78.0 Å². The van der Waals surface area contributed by atoms with Gasteiger partial charge in [-0.25, -0.2) is 0 Å². The Hall–Kier alpha value is -1.70. The Balaban J connectivity index is 2.51. The molecule has 1 aromatic rings. The summed E-state index contributed by atoms with van der Waals surface area (Å²) in [6, 6.07) is 3.16. The summed E-state index contributed by atoms with van der Waals surface area (Å²) in [4.78, 5) is 0. The Morgan fingerprint density at radius 1 is 1.30 bits per heavy atom. The second-order valence-corrected chi connectivity index (χ2v) is 6.39. The normalized spacial score (nSPS) is 26.0. The van der Waals surface area contributed by atoms with Crippen molar-refractivity contribution in [3.05, 3.63) is 47.1 Å². The fourth-order valence-corrected chi connectivity index (χ4v) is 3.33. The summed E-state index contributed by atoms with van der Waals surface area (Å²) in [7, 11) is 0. The molecule has 0 aliphatic heterocycles. The van der Waals surface area contributed by atoms with E-state index in [-0.39, 0.29) is 41.1 Å². The molecule has 0 saturated heterocycles. The predicted octanol–water partition coefficient (Wildman–Crippen LogP) is 5.85. The monoisotopic (exact) mass is 320 g/mol. The Morgan fingerprint density at radius 2 is 2.04 bits per heavy atom. The molecule has 1 aliphatic carbocycles. The van der Waals surface area contributed by atoms with Crippen molar-refractivity contribution in [3.8, 4) is 11.5 Å². The van der Waals surface area contributed by atoms with E-state index in [1.54, 1.807) is 12.1 Å². The highest BCUT2D eigenvalue weighted by molar-refractivity contribution is 5.51. The molecule has 2 unspecified atom stereocenters. The van der Waals surface area contributed by atoms with Crippen LogP contribution >= 0.6 is 0 Å². The van der Waals surface area contributed by atoms with Crippen LogP contribution < -0.4 is 0 Å². The summed E-state index contributed by atoms with van der Waals surface area (Å²) >= 11 is 0. The molecule has 1 aliphatic rings. The molecule has 2 heteroatoms. The second kappa shape index (κ2) is 7.72. The lowest BCUT2D eigenvalue weighted by atomic mass is 9.73. The van der Waals surface area contributed by atoms with Gasteiger partial charge in [-0.2, -0.15) is 0 Å². The number of unbranched alkanes of at least 4 members (excludes halogenated alkanes) is 2. The zero-order valence-corrected chi connectivity index (χ0v) is 13.7. The van der Waals surface area contributed by atoms with Crippen molar-refractivity contribution in [3.63, 3.8) is 0 Å². The number of aromatic hydroxyl groups is 2. The summed E-state index contributed by atoms with van der Waals surface area (Å²) in [5.41, 5.74) is 1.18. The molecular formula is C21H30O2. The van der Waals surface area contributed by atoms with Gasteiger partial charge in [0, 0.05) is 19.7 Å². The van der Waals surface area contributed by atoms with Crippen LogP contribution in [0.4, 0.5) is 0 Å². The maximum atomic E-state index is 10.7. The average Bonchev–Trinajstić information content (AvgIpc) is 2.59. The molecule has 0 bridgehead atoms. The van der Waals surface area contributed by atoms with Gasteiger partial charge in [-0.1, -0.05) is 43.6 Å². The Labute approximate surface area is 149 Å². The summed E-state index contributed by atoms with van der Waals surface area (Å²) < 4.78 is 46.3. The summed E-state index contributed by atoms with van der Waals surface area (Å²) in [5, 5.41) is 21.3. The highest BCUT2D eigenvalue weighted by atomic mass is 16.3. The molecule has 0 saturated carbocycles. The van der Waals surface area contributed by atoms with Crippen LogP contribution in [0.15, 0.2) is 35.9 Å². The average molecular weight is 321 g/mol. The number of phenolic OH excluding ortho intramolecular Hbond substituents is 2. The lowest BCUT2D eigenvalue weighted by molar-refractivity contribution is 0.406. The van der Waals surface area contributed by atoms with E-state index < -0.39 is 25.5 Å². The largest absolute Gasteiger partial charge is 0.507 e. The van der Waals surface area contributed by atoms with Gasteiger partial charge in [0.05, 0.1) is 0 Å². The molecular weight excluding hydrogens is 284 g/mol. The van der Waals surface area contributed by atoms with Crippen molar-refractivity contribution in [1.82, 2.24) is 0 Å². The first kappa shape index (κ1) is 11.0. The van der Waals surface area contributed by atoms with E-state index >= 15 is 0 Å². The van der Waals surface area contributed by atoms with Crippen molar-refractivity contribution < 1.29 is 18.4 Å². The third-order valence-corrected chi connectivity index (χ3v) is 4.58. The minimum Gasteiger partial charge on any atom is -0.507 e. The first-order valence-corrected chi connectivity index (χ1v) is 8.31. The number of rotatable bonds is 6. The zero-order chi connectivity index (χ0) is 22.0. The number of hydrogen-bond acceptors (Lipinski definition) is 2. The van der Waals surface area contributed by atoms with Crippen molar-refractivity contribution in [2.24, 2.45) is 5.92 Å². The molecule has 1 aromatic carbocycles. The maximum Gasteiger partial charge on any atom is 0.123 e. The first-order chi connectivity index (χ1) is 13.4. The minimum atomic E-state index is -2.40. The molecule has 0 radical (unpaired) electrons. The van der Waals surface area contributed by atoms with Crippen LogP contribution in [-0.4, -0.2) is 10.2 Å². The summed E-state index contributed by atoms with van der Waals surface area (Å²) in [6.45, 7) is 1.12. The topological polar surface area (TPSA) is 40.5 Å². The van der Waals surface area contributed by atoms with Crippen LogP contribution in [0.25, 0.3) is 0 Å². The van der Waals surface area contributed by atoms with Crippen molar-refractivity contribution in [2.45, 2.75) is 65.1 Å². The molecule has 2 atom stereocenters. The van der Waals surface area contributed by atoms with E-state index in [0.29, 0.717) is 6.42 Å². The van der Waals surface area contributed by atoms with Gasteiger partial charge in [-0.3, -0.25) is 0 Å². The first-order valence-electron chi connectivity index (χ1n) is 11.3. The lowest BCUT2D eigenvalue weighted by Gasteiger charge is -2.31. The number of aryl methyl sites for hydroxylation is 1. The minimum absolute atomic E-state index is 0.00849. The van der Waals surface area contributed by atoms with Crippen LogP contribution in [0.5, 0.6) is 11.5 Å². The van der Waals surface area contributed by atoms with Crippen LogP contribution in [0.3, 0.4) is 0 Å². The molecule has 2 rings (SSSR count). The van der Waals surface area contributed by atoms with Gasteiger partial charge in [0.2, 0.25) is 0 Å². The van der Waals surface area contributed by atoms with Crippen molar-refractivity contribution in [2.75, 3.05) is 0 Å². The Kier molecular flexibility index (Phi) is 3.68.